The van der Waals surface area contributed by atoms with Crippen LogP contribution in [0.5, 0.6) is 0 Å². The van der Waals surface area contributed by atoms with Crippen LogP contribution in [0, 0.1) is 0 Å². The fraction of sp³-hybridized carbons (Fsp3) is 0.895. The highest BCUT2D eigenvalue weighted by molar-refractivity contribution is 7.80. The maximum Gasteiger partial charge on any atom is 0.220 e. The van der Waals surface area contributed by atoms with E-state index in [0.29, 0.717) is 6.42 Å². The monoisotopic (exact) mass is 374 g/mol. The summed E-state index contributed by atoms with van der Waals surface area (Å²) in [5.41, 5.74) is 0. The second kappa shape index (κ2) is 16.7. The van der Waals surface area contributed by atoms with E-state index >= 15 is 0 Å². The minimum Gasteiger partial charge on any atom is -0.548 e. The van der Waals surface area contributed by atoms with Crippen LogP contribution in [0.2, 0.25) is 0 Å². The molecule has 0 saturated carbocycles. The molecule has 0 aromatic heterocycles. The molecule has 6 heteroatoms. The van der Waals surface area contributed by atoms with Gasteiger partial charge in [0.25, 0.3) is 0 Å². The largest absolute Gasteiger partial charge is 0.548 e. The van der Waals surface area contributed by atoms with Gasteiger partial charge in [-0.3, -0.25) is 4.79 Å². The van der Waals surface area contributed by atoms with Gasteiger partial charge in [0.1, 0.15) is 0 Å². The van der Waals surface area contributed by atoms with Crippen LogP contribution in [0.15, 0.2) is 0 Å². The lowest BCUT2D eigenvalue weighted by Gasteiger charge is -2.17. The van der Waals surface area contributed by atoms with E-state index in [-0.39, 0.29) is 11.7 Å². The number of thiol groups is 1. The number of hydrogen-bond donors (Lipinski definition) is 3. The number of amides is 1. The topological polar surface area (TPSA) is 73.7 Å². The lowest BCUT2D eigenvalue weighted by molar-refractivity contribution is -0.858. The molecule has 0 fully saturated rings. The Balaban J connectivity index is 3.31. The highest BCUT2D eigenvalue weighted by atomic mass is 32.1. The molecule has 0 spiro atoms. The maximum atomic E-state index is 11.6. The van der Waals surface area contributed by atoms with Gasteiger partial charge in [0.2, 0.25) is 5.91 Å². The predicted molar refractivity (Wildman–Crippen MR) is 104 cm³/mol. The first-order chi connectivity index (χ1) is 12.0. The molecule has 5 nitrogen and oxygen atoms in total. The summed E-state index contributed by atoms with van der Waals surface area (Å²) >= 11 is 3.89. The molecule has 0 aliphatic heterocycles. The van der Waals surface area contributed by atoms with Gasteiger partial charge in [-0.1, -0.05) is 51.4 Å². The number of carbonyl (C=O) groups excluding carboxylic acids is 2. The van der Waals surface area contributed by atoms with Crippen LogP contribution in [-0.4, -0.2) is 44.3 Å². The lowest BCUT2D eigenvalue weighted by Crippen LogP contribution is -3.05. The number of rotatable bonds is 17. The smallest absolute Gasteiger partial charge is 0.220 e. The number of unbranched alkanes of at least 4 members (excludes halogenated alkanes) is 10. The van der Waals surface area contributed by atoms with E-state index < -0.39 is 12.0 Å². The highest BCUT2D eigenvalue weighted by Gasteiger charge is 2.10. The van der Waals surface area contributed by atoms with E-state index in [1.807, 2.05) is 0 Å². The summed E-state index contributed by atoms with van der Waals surface area (Å²) in [6.45, 7) is 1.28. The van der Waals surface area contributed by atoms with Gasteiger partial charge in [-0.2, -0.15) is 12.6 Å². The minimum absolute atomic E-state index is 0.0603. The fourth-order valence-corrected chi connectivity index (χ4v) is 3.04. The molecule has 0 aromatic rings. The van der Waals surface area contributed by atoms with Gasteiger partial charge in [-0.15, -0.1) is 0 Å². The molecule has 0 aromatic carbocycles. The molecule has 1 unspecified atom stereocenters. The second-order valence-corrected chi connectivity index (χ2v) is 7.58. The summed E-state index contributed by atoms with van der Waals surface area (Å²) in [6, 6.07) is -0.986. The zero-order chi connectivity index (χ0) is 18.9. The Morgan fingerprint density at radius 1 is 0.880 bits per heavy atom. The van der Waals surface area contributed by atoms with Gasteiger partial charge < -0.3 is 20.1 Å². The van der Waals surface area contributed by atoms with Gasteiger partial charge in [0.05, 0.1) is 32.7 Å². The third-order valence-corrected chi connectivity index (χ3v) is 4.75. The summed E-state index contributed by atoms with van der Waals surface area (Å²) in [4.78, 5) is 23.8. The Hall–Kier alpha value is -0.750. The summed E-state index contributed by atoms with van der Waals surface area (Å²) in [5, 5.41) is 13.1. The second-order valence-electron chi connectivity index (χ2n) is 7.22. The minimum atomic E-state index is -1.28. The Bertz CT molecular complexity index is 352. The SMILES string of the molecule is C[NH+](C)CCCCCCCCCCCCCC(=O)NC(CS)C(=O)[O-]. The molecule has 0 saturated heterocycles. The van der Waals surface area contributed by atoms with Crippen molar-refractivity contribution in [2.24, 2.45) is 0 Å². The molecule has 0 bridgehead atoms. The number of quaternary nitrogens is 1. The molecule has 0 rings (SSSR count). The molecule has 2 N–H and O–H groups in total. The number of carbonyl (C=O) groups is 2. The van der Waals surface area contributed by atoms with Crippen LogP contribution in [0.3, 0.4) is 0 Å². The van der Waals surface area contributed by atoms with E-state index in [0.717, 1.165) is 19.3 Å². The molecular weight excluding hydrogens is 336 g/mol. The van der Waals surface area contributed by atoms with Gasteiger partial charge in [-0.25, -0.2) is 0 Å². The Kier molecular flexibility index (Phi) is 16.2. The van der Waals surface area contributed by atoms with Gasteiger partial charge in [-0.05, 0) is 19.3 Å². The number of hydrogen-bond acceptors (Lipinski definition) is 4. The Labute approximate surface area is 159 Å². The number of nitrogens with one attached hydrogen (secondary N) is 2. The Morgan fingerprint density at radius 3 is 1.72 bits per heavy atom. The summed E-state index contributed by atoms with van der Waals surface area (Å²) < 4.78 is 0. The highest BCUT2D eigenvalue weighted by Crippen LogP contribution is 2.11. The molecule has 1 atom stereocenters. The van der Waals surface area contributed by atoms with Crippen LogP contribution >= 0.6 is 12.6 Å². The summed E-state index contributed by atoms with van der Waals surface area (Å²) in [5.74, 6) is -1.44. The lowest BCUT2D eigenvalue weighted by atomic mass is 10.0. The quantitative estimate of drug-likeness (QED) is 0.262. The molecule has 0 aliphatic rings. The van der Waals surface area contributed by atoms with Crippen molar-refractivity contribution in [3.05, 3.63) is 0 Å². The number of aliphatic carboxylic acids is 1. The van der Waals surface area contributed by atoms with Crippen LogP contribution in [-0.2, 0) is 9.59 Å². The number of carboxylic acid groups (broad SMARTS) is 1. The average molecular weight is 375 g/mol. The van der Waals surface area contributed by atoms with Gasteiger partial charge >= 0.3 is 0 Å². The van der Waals surface area contributed by atoms with E-state index in [4.69, 9.17) is 0 Å². The molecular formula is C19H38N2O3S. The van der Waals surface area contributed by atoms with Crippen LogP contribution in [0.4, 0.5) is 0 Å². The zero-order valence-corrected chi connectivity index (χ0v) is 17.0. The standard InChI is InChI=1S/C19H38N2O3S/c1-21(2)15-13-11-9-7-5-3-4-6-8-10-12-14-18(22)20-17(16-25)19(23)24/h17,25H,3-16H2,1-2H3,(H,20,22)(H,23,24). The van der Waals surface area contributed by atoms with Crippen molar-refractivity contribution in [2.45, 2.75) is 83.1 Å². The Morgan fingerprint density at radius 2 is 1.32 bits per heavy atom. The number of carboxylic acids is 1. The van der Waals surface area contributed by atoms with Crippen molar-refractivity contribution in [3.8, 4) is 0 Å². The normalized spacial score (nSPS) is 12.3. The zero-order valence-electron chi connectivity index (χ0n) is 16.1. The summed E-state index contributed by atoms with van der Waals surface area (Å²) in [6.07, 6.45) is 13.9. The molecule has 25 heavy (non-hydrogen) atoms. The van der Waals surface area contributed by atoms with Crippen LogP contribution in [0.1, 0.15) is 77.0 Å². The molecule has 0 radical (unpaired) electrons. The summed E-state index contributed by atoms with van der Waals surface area (Å²) in [7, 11) is 4.41. The first-order valence-corrected chi connectivity index (χ1v) is 10.5. The van der Waals surface area contributed by atoms with Crippen molar-refractivity contribution in [3.63, 3.8) is 0 Å². The van der Waals surface area contributed by atoms with E-state index in [1.54, 1.807) is 0 Å². The molecule has 0 heterocycles. The molecule has 148 valence electrons. The van der Waals surface area contributed by atoms with Crippen molar-refractivity contribution in [2.75, 3.05) is 26.4 Å². The first kappa shape index (κ1) is 24.2. The maximum absolute atomic E-state index is 11.6. The molecule has 0 aliphatic carbocycles. The van der Waals surface area contributed by atoms with Crippen LogP contribution in [0.25, 0.3) is 0 Å². The predicted octanol–water partition coefficient (Wildman–Crippen LogP) is 0.977. The third-order valence-electron chi connectivity index (χ3n) is 4.38. The first-order valence-electron chi connectivity index (χ1n) is 9.87. The van der Waals surface area contributed by atoms with Crippen molar-refractivity contribution < 1.29 is 19.6 Å². The van der Waals surface area contributed by atoms with E-state index in [9.17, 15) is 14.7 Å². The van der Waals surface area contributed by atoms with E-state index in [2.05, 4.69) is 32.0 Å². The fourth-order valence-electron chi connectivity index (χ4n) is 2.80. The van der Waals surface area contributed by atoms with Gasteiger partial charge in [0, 0.05) is 12.2 Å². The van der Waals surface area contributed by atoms with Crippen molar-refractivity contribution in [1.82, 2.24) is 5.32 Å². The third kappa shape index (κ3) is 16.5. The van der Waals surface area contributed by atoms with E-state index in [1.165, 1.54) is 62.8 Å². The van der Waals surface area contributed by atoms with Crippen LogP contribution < -0.4 is 15.3 Å². The van der Waals surface area contributed by atoms with Gasteiger partial charge in [0.15, 0.2) is 0 Å². The van der Waals surface area contributed by atoms with Crippen molar-refractivity contribution >= 4 is 24.5 Å². The molecule has 1 amide bonds. The van der Waals surface area contributed by atoms with Crippen molar-refractivity contribution in [1.29, 1.82) is 0 Å². The average Bonchev–Trinajstić information content (AvgIpc) is 2.56.